The van der Waals surface area contributed by atoms with Crippen LogP contribution < -0.4 is 4.72 Å². The van der Waals surface area contributed by atoms with Gasteiger partial charge in [0, 0.05) is 32.0 Å². The highest BCUT2D eigenvalue weighted by molar-refractivity contribution is 7.88. The quantitative estimate of drug-likeness (QED) is 0.753. The van der Waals surface area contributed by atoms with Gasteiger partial charge in [0.25, 0.3) is 0 Å². The van der Waals surface area contributed by atoms with Gasteiger partial charge >= 0.3 is 0 Å². The van der Waals surface area contributed by atoms with Crippen LogP contribution in [0.25, 0.3) is 0 Å². The van der Waals surface area contributed by atoms with Gasteiger partial charge in [-0.05, 0) is 31.2 Å². The molecule has 0 atom stereocenters. The molecule has 5 nitrogen and oxygen atoms in total. The van der Waals surface area contributed by atoms with Crippen LogP contribution in [0.15, 0.2) is 24.5 Å². The maximum atomic E-state index is 10.9. The lowest BCUT2D eigenvalue weighted by Gasteiger charge is -2.16. The van der Waals surface area contributed by atoms with Gasteiger partial charge in [0.15, 0.2) is 0 Å². The highest BCUT2D eigenvalue weighted by Gasteiger charge is 2.02. The maximum absolute atomic E-state index is 10.9. The third-order valence-electron chi connectivity index (χ3n) is 2.39. The van der Waals surface area contributed by atoms with E-state index in [0.717, 1.165) is 13.0 Å². The van der Waals surface area contributed by atoms with E-state index in [1.165, 1.54) is 11.8 Å². The van der Waals surface area contributed by atoms with Crippen molar-refractivity contribution in [1.82, 2.24) is 14.6 Å². The lowest BCUT2D eigenvalue weighted by molar-refractivity contribution is 0.343. The summed E-state index contributed by atoms with van der Waals surface area (Å²) in [4.78, 5) is 6.05. The molecule has 0 radical (unpaired) electrons. The van der Waals surface area contributed by atoms with Gasteiger partial charge < -0.3 is 4.90 Å². The average molecular weight is 257 g/mol. The molecule has 0 aromatic carbocycles. The molecular weight excluding hydrogens is 238 g/mol. The number of nitrogens with one attached hydrogen (secondary N) is 1. The van der Waals surface area contributed by atoms with Crippen molar-refractivity contribution in [1.29, 1.82) is 0 Å². The molecule has 0 aliphatic carbocycles. The Kier molecular flexibility index (Phi) is 5.54. The summed E-state index contributed by atoms with van der Waals surface area (Å²) in [5, 5.41) is 0. The van der Waals surface area contributed by atoms with E-state index in [1.807, 2.05) is 19.2 Å². The molecule has 0 saturated carbocycles. The minimum absolute atomic E-state index is 0.450. The second-order valence-electron chi connectivity index (χ2n) is 4.08. The predicted octanol–water partition coefficient (Wildman–Crippen LogP) is 0.105. The zero-order valence-electron chi connectivity index (χ0n) is 10.3. The molecule has 0 fully saturated rings. The molecule has 0 aliphatic heterocycles. The smallest absolute Gasteiger partial charge is 0.208 e. The van der Waals surface area contributed by atoms with E-state index in [2.05, 4.69) is 14.6 Å². The van der Waals surface area contributed by atoms with Crippen LogP contribution >= 0.6 is 0 Å². The van der Waals surface area contributed by atoms with Gasteiger partial charge in [-0.1, -0.05) is 0 Å². The topological polar surface area (TPSA) is 62.3 Å². The molecule has 0 spiro atoms. The molecule has 0 saturated heterocycles. The van der Waals surface area contributed by atoms with Crippen LogP contribution in [0, 0.1) is 0 Å². The summed E-state index contributed by atoms with van der Waals surface area (Å²) in [6, 6.07) is 3.98. The molecule has 1 aromatic heterocycles. The Morgan fingerprint density at radius 1 is 1.29 bits per heavy atom. The van der Waals surface area contributed by atoms with E-state index in [-0.39, 0.29) is 0 Å². The Balaban J connectivity index is 2.20. The molecule has 17 heavy (non-hydrogen) atoms. The fraction of sp³-hybridized carbons (Fsp3) is 0.545. The van der Waals surface area contributed by atoms with Gasteiger partial charge in [-0.2, -0.15) is 0 Å². The fourth-order valence-electron chi connectivity index (χ4n) is 1.40. The van der Waals surface area contributed by atoms with Crippen LogP contribution in [-0.4, -0.2) is 51.2 Å². The number of likely N-dealkylation sites (N-methyl/N-ethyl adjacent to an activating group) is 1. The van der Waals surface area contributed by atoms with Crippen molar-refractivity contribution in [3.05, 3.63) is 30.1 Å². The number of aromatic nitrogens is 1. The highest BCUT2D eigenvalue weighted by Crippen LogP contribution is 1.98. The average Bonchev–Trinajstić information content (AvgIpc) is 2.26. The Labute approximate surface area is 103 Å². The Hall–Kier alpha value is -0.980. The molecule has 0 bridgehead atoms. The number of nitrogens with zero attached hydrogens (tertiary/aromatic N) is 2. The number of sulfonamides is 1. The summed E-state index contributed by atoms with van der Waals surface area (Å²) in [6.45, 7) is 2.05. The van der Waals surface area contributed by atoms with Gasteiger partial charge in [0.1, 0.15) is 0 Å². The fourth-order valence-corrected chi connectivity index (χ4v) is 1.87. The van der Waals surface area contributed by atoms with E-state index < -0.39 is 10.0 Å². The largest absolute Gasteiger partial charge is 0.305 e. The molecular formula is C11H19N3O2S. The summed E-state index contributed by atoms with van der Waals surface area (Å²) in [7, 11) is -1.09. The summed E-state index contributed by atoms with van der Waals surface area (Å²) in [5.41, 5.74) is 1.24. The molecule has 1 rings (SSSR count). The molecule has 1 heterocycles. The number of hydrogen-bond donors (Lipinski definition) is 1. The maximum Gasteiger partial charge on any atom is 0.208 e. The molecule has 1 N–H and O–H groups in total. The zero-order valence-corrected chi connectivity index (χ0v) is 11.1. The highest BCUT2D eigenvalue weighted by atomic mass is 32.2. The van der Waals surface area contributed by atoms with Gasteiger partial charge in [-0.25, -0.2) is 13.1 Å². The number of rotatable bonds is 7. The standard InChI is InChI=1S/C11H19N3O2S/c1-14(10-8-13-17(2,15)16)9-5-11-3-6-12-7-4-11/h3-4,6-7,13H,5,8-10H2,1-2H3. The van der Waals surface area contributed by atoms with Crippen LogP contribution in [0.1, 0.15) is 5.56 Å². The van der Waals surface area contributed by atoms with Crippen LogP contribution in [0.2, 0.25) is 0 Å². The second-order valence-corrected chi connectivity index (χ2v) is 5.91. The third-order valence-corrected chi connectivity index (χ3v) is 3.12. The Bertz CT molecular complexity index is 420. The van der Waals surface area contributed by atoms with Gasteiger partial charge in [-0.3, -0.25) is 4.98 Å². The van der Waals surface area contributed by atoms with Crippen molar-refractivity contribution in [2.24, 2.45) is 0 Å². The minimum atomic E-state index is -3.07. The first-order valence-corrected chi connectivity index (χ1v) is 7.38. The van der Waals surface area contributed by atoms with Crippen molar-refractivity contribution in [3.8, 4) is 0 Å². The SMILES string of the molecule is CN(CCNS(C)(=O)=O)CCc1ccncc1. The van der Waals surface area contributed by atoms with Crippen LogP contribution in [0.4, 0.5) is 0 Å². The van der Waals surface area contributed by atoms with E-state index in [0.29, 0.717) is 13.1 Å². The molecule has 0 unspecified atom stereocenters. The van der Waals surface area contributed by atoms with Gasteiger partial charge in [-0.15, -0.1) is 0 Å². The first-order valence-electron chi connectivity index (χ1n) is 5.49. The lowest BCUT2D eigenvalue weighted by Crippen LogP contribution is -2.33. The summed E-state index contributed by atoms with van der Waals surface area (Å²) in [6.07, 6.45) is 5.67. The van der Waals surface area contributed by atoms with Crippen molar-refractivity contribution in [3.63, 3.8) is 0 Å². The van der Waals surface area contributed by atoms with Crippen LogP contribution in [0.5, 0.6) is 0 Å². The zero-order chi connectivity index (χ0) is 12.7. The molecule has 0 amide bonds. The Morgan fingerprint density at radius 3 is 2.53 bits per heavy atom. The molecule has 1 aromatic rings. The Morgan fingerprint density at radius 2 is 1.94 bits per heavy atom. The molecule has 96 valence electrons. The molecule has 0 aliphatic rings. The van der Waals surface area contributed by atoms with Crippen molar-refractivity contribution in [2.45, 2.75) is 6.42 Å². The predicted molar refractivity (Wildman–Crippen MR) is 68.3 cm³/mol. The summed E-state index contributed by atoms with van der Waals surface area (Å²) < 4.78 is 24.2. The number of pyridine rings is 1. The summed E-state index contributed by atoms with van der Waals surface area (Å²) >= 11 is 0. The lowest BCUT2D eigenvalue weighted by atomic mass is 10.2. The van der Waals surface area contributed by atoms with Crippen molar-refractivity contribution in [2.75, 3.05) is 32.9 Å². The normalized spacial score (nSPS) is 11.9. The van der Waals surface area contributed by atoms with E-state index in [4.69, 9.17) is 0 Å². The second kappa shape index (κ2) is 6.68. The molecule has 6 heteroatoms. The first kappa shape index (κ1) is 14.1. The van der Waals surface area contributed by atoms with Crippen molar-refractivity contribution >= 4 is 10.0 Å². The van der Waals surface area contributed by atoms with E-state index in [1.54, 1.807) is 12.4 Å². The van der Waals surface area contributed by atoms with Crippen molar-refractivity contribution < 1.29 is 8.42 Å². The minimum Gasteiger partial charge on any atom is -0.305 e. The first-order chi connectivity index (χ1) is 7.97. The number of hydrogen-bond acceptors (Lipinski definition) is 4. The van der Waals surface area contributed by atoms with Gasteiger partial charge in [0.05, 0.1) is 6.26 Å². The third kappa shape index (κ3) is 7.04. The van der Waals surface area contributed by atoms with E-state index >= 15 is 0 Å². The summed E-state index contributed by atoms with van der Waals surface area (Å²) in [5.74, 6) is 0. The van der Waals surface area contributed by atoms with E-state index in [9.17, 15) is 8.42 Å². The van der Waals surface area contributed by atoms with Gasteiger partial charge in [0.2, 0.25) is 10.0 Å². The monoisotopic (exact) mass is 257 g/mol. The van der Waals surface area contributed by atoms with Crippen LogP contribution in [-0.2, 0) is 16.4 Å². The van der Waals surface area contributed by atoms with Crippen LogP contribution in [0.3, 0.4) is 0 Å².